The molecule has 0 saturated carbocycles. The van der Waals surface area contributed by atoms with E-state index in [9.17, 15) is 9.59 Å². The number of aryl methyl sites for hydroxylation is 1. The van der Waals surface area contributed by atoms with Gasteiger partial charge in [-0.15, -0.1) is 0 Å². The normalized spacial score (nSPS) is 15.5. The number of ether oxygens (including phenoxy) is 2. The average Bonchev–Trinajstić information content (AvgIpc) is 2.64. The molecule has 1 aliphatic heterocycles. The number of pyridine rings is 1. The Hall–Kier alpha value is -2.54. The molecule has 2 aromatic rings. The quantitative estimate of drug-likeness (QED) is 0.841. The fourth-order valence-corrected chi connectivity index (χ4v) is 3.45. The van der Waals surface area contributed by atoms with Crippen LogP contribution in [0.5, 0.6) is 11.5 Å². The second-order valence-corrected chi connectivity index (χ2v) is 8.23. The first-order chi connectivity index (χ1) is 13.2. The van der Waals surface area contributed by atoms with Crippen molar-refractivity contribution < 1.29 is 14.3 Å². The Morgan fingerprint density at radius 1 is 1.25 bits per heavy atom. The van der Waals surface area contributed by atoms with Crippen LogP contribution < -0.4 is 25.7 Å². The van der Waals surface area contributed by atoms with E-state index in [0.717, 1.165) is 31.3 Å². The van der Waals surface area contributed by atoms with Gasteiger partial charge in [-0.2, -0.15) is 0 Å². The summed E-state index contributed by atoms with van der Waals surface area (Å²) >= 11 is 0. The number of fused-ring (bicyclic) bond motifs is 1. The third-order valence-electron chi connectivity index (χ3n) is 4.82. The topological polar surface area (TPSA) is 81.6 Å². The molecule has 28 heavy (non-hydrogen) atoms. The minimum Gasteiger partial charge on any atom is -0.493 e. The molecule has 2 N–H and O–H groups in total. The lowest BCUT2D eigenvalue weighted by atomic mass is 10.1. The van der Waals surface area contributed by atoms with Gasteiger partial charge in [-0.3, -0.25) is 9.59 Å². The summed E-state index contributed by atoms with van der Waals surface area (Å²) in [4.78, 5) is 25.6. The van der Waals surface area contributed by atoms with Crippen molar-refractivity contribution in [3.63, 3.8) is 0 Å². The van der Waals surface area contributed by atoms with Crippen LogP contribution in [-0.4, -0.2) is 42.3 Å². The van der Waals surface area contributed by atoms with Crippen LogP contribution in [0.1, 0.15) is 44.0 Å². The molecule has 0 radical (unpaired) electrons. The number of piperidine rings is 1. The van der Waals surface area contributed by atoms with E-state index in [1.807, 2.05) is 32.9 Å². The molecule has 1 aliphatic rings. The Morgan fingerprint density at radius 2 is 1.93 bits per heavy atom. The standard InChI is InChI=1S/C21H29N3O4/c1-21(2,3)23-19(25)15-12-13-6-7-16(27-5)18(17(13)24(4)20(15)26)28-14-8-10-22-11-9-14/h6-7,12,14,22H,8-11H2,1-5H3,(H,23,25). The summed E-state index contributed by atoms with van der Waals surface area (Å²) in [6.07, 6.45) is 1.83. The highest BCUT2D eigenvalue weighted by Crippen LogP contribution is 2.36. The van der Waals surface area contributed by atoms with Crippen LogP contribution in [0.15, 0.2) is 23.0 Å². The summed E-state index contributed by atoms with van der Waals surface area (Å²) in [7, 11) is 3.24. The van der Waals surface area contributed by atoms with E-state index in [0.29, 0.717) is 17.0 Å². The number of carbonyl (C=O) groups is 1. The van der Waals surface area contributed by atoms with E-state index in [1.54, 1.807) is 20.2 Å². The molecule has 7 heteroatoms. The number of methoxy groups -OCH3 is 1. The third-order valence-corrected chi connectivity index (χ3v) is 4.82. The largest absolute Gasteiger partial charge is 0.493 e. The molecule has 7 nitrogen and oxygen atoms in total. The molecule has 1 aromatic heterocycles. The lowest BCUT2D eigenvalue weighted by Gasteiger charge is -2.26. The number of carbonyl (C=O) groups excluding carboxylic acids is 1. The van der Waals surface area contributed by atoms with Crippen LogP contribution in [-0.2, 0) is 7.05 Å². The fourth-order valence-electron chi connectivity index (χ4n) is 3.45. The van der Waals surface area contributed by atoms with Crippen LogP contribution in [0.25, 0.3) is 10.9 Å². The van der Waals surface area contributed by atoms with Gasteiger partial charge in [0.1, 0.15) is 11.7 Å². The van der Waals surface area contributed by atoms with Gasteiger partial charge in [0.25, 0.3) is 11.5 Å². The number of nitrogens with one attached hydrogen (secondary N) is 2. The number of benzene rings is 1. The first-order valence-corrected chi connectivity index (χ1v) is 9.62. The summed E-state index contributed by atoms with van der Waals surface area (Å²) in [5, 5.41) is 6.93. The average molecular weight is 387 g/mol. The number of aromatic nitrogens is 1. The number of hydrogen-bond acceptors (Lipinski definition) is 5. The zero-order valence-corrected chi connectivity index (χ0v) is 17.2. The molecule has 0 unspecified atom stereocenters. The highest BCUT2D eigenvalue weighted by atomic mass is 16.5. The first-order valence-electron chi connectivity index (χ1n) is 9.62. The summed E-state index contributed by atoms with van der Waals surface area (Å²) in [6.45, 7) is 7.44. The lowest BCUT2D eigenvalue weighted by Crippen LogP contribution is -2.43. The van der Waals surface area contributed by atoms with Gasteiger partial charge >= 0.3 is 0 Å². The Kier molecular flexibility index (Phi) is 5.65. The maximum absolute atomic E-state index is 12.9. The molecule has 1 fully saturated rings. The zero-order valence-electron chi connectivity index (χ0n) is 17.2. The molecule has 0 bridgehead atoms. The van der Waals surface area contributed by atoms with Crippen molar-refractivity contribution in [1.29, 1.82) is 0 Å². The molecule has 1 amide bonds. The monoisotopic (exact) mass is 387 g/mol. The van der Waals surface area contributed by atoms with E-state index in [-0.39, 0.29) is 23.1 Å². The van der Waals surface area contributed by atoms with Gasteiger partial charge in [0, 0.05) is 18.0 Å². The van der Waals surface area contributed by atoms with Crippen molar-refractivity contribution in [2.75, 3.05) is 20.2 Å². The number of amides is 1. The molecule has 1 aromatic carbocycles. The van der Waals surface area contributed by atoms with Crippen LogP contribution in [0, 0.1) is 0 Å². The first kappa shape index (κ1) is 20.2. The van der Waals surface area contributed by atoms with Crippen molar-refractivity contribution in [3.8, 4) is 11.5 Å². The van der Waals surface area contributed by atoms with E-state index < -0.39 is 5.54 Å². The van der Waals surface area contributed by atoms with E-state index in [4.69, 9.17) is 9.47 Å². The fraction of sp³-hybridized carbons (Fsp3) is 0.524. The van der Waals surface area contributed by atoms with Gasteiger partial charge < -0.3 is 24.7 Å². The van der Waals surface area contributed by atoms with Gasteiger partial charge in [-0.25, -0.2) is 0 Å². The Balaban J connectivity index is 2.11. The molecule has 2 heterocycles. The summed E-state index contributed by atoms with van der Waals surface area (Å²) < 4.78 is 13.3. The minimum atomic E-state index is -0.430. The second-order valence-electron chi connectivity index (χ2n) is 8.23. The van der Waals surface area contributed by atoms with Crippen molar-refractivity contribution >= 4 is 16.8 Å². The summed E-state index contributed by atoms with van der Waals surface area (Å²) in [5.74, 6) is 0.744. The third kappa shape index (κ3) is 4.14. The molecule has 0 spiro atoms. The Morgan fingerprint density at radius 3 is 2.54 bits per heavy atom. The van der Waals surface area contributed by atoms with Gasteiger partial charge in [-0.05, 0) is 64.9 Å². The lowest BCUT2D eigenvalue weighted by molar-refractivity contribution is 0.0917. The van der Waals surface area contributed by atoms with Crippen molar-refractivity contribution in [3.05, 3.63) is 34.1 Å². The molecule has 152 valence electrons. The molecular weight excluding hydrogens is 358 g/mol. The molecular formula is C21H29N3O4. The van der Waals surface area contributed by atoms with Crippen LogP contribution in [0.2, 0.25) is 0 Å². The summed E-state index contributed by atoms with van der Waals surface area (Å²) in [6, 6.07) is 5.29. The molecule has 1 saturated heterocycles. The Labute approximate surface area is 165 Å². The van der Waals surface area contributed by atoms with E-state index in [1.165, 1.54) is 4.57 Å². The predicted molar refractivity (Wildman–Crippen MR) is 109 cm³/mol. The maximum Gasteiger partial charge on any atom is 0.263 e. The van der Waals surface area contributed by atoms with Crippen LogP contribution in [0.3, 0.4) is 0 Å². The van der Waals surface area contributed by atoms with Crippen LogP contribution >= 0.6 is 0 Å². The molecule has 0 aliphatic carbocycles. The minimum absolute atomic E-state index is 0.0553. The van der Waals surface area contributed by atoms with Gasteiger partial charge in [-0.1, -0.05) is 0 Å². The maximum atomic E-state index is 12.9. The zero-order chi connectivity index (χ0) is 20.5. The van der Waals surface area contributed by atoms with Gasteiger partial charge in [0.2, 0.25) is 0 Å². The molecule has 0 atom stereocenters. The Bertz CT molecular complexity index is 937. The SMILES string of the molecule is COc1ccc2cc(C(=O)NC(C)(C)C)c(=O)n(C)c2c1OC1CCNCC1. The summed E-state index contributed by atoms with van der Waals surface area (Å²) in [5.41, 5.74) is -0.0453. The van der Waals surface area contributed by atoms with E-state index in [2.05, 4.69) is 10.6 Å². The van der Waals surface area contributed by atoms with Gasteiger partial charge in [0.15, 0.2) is 11.5 Å². The highest BCUT2D eigenvalue weighted by Gasteiger charge is 2.24. The van der Waals surface area contributed by atoms with Crippen LogP contribution in [0.4, 0.5) is 0 Å². The van der Waals surface area contributed by atoms with Crippen molar-refractivity contribution in [2.45, 2.75) is 45.3 Å². The molecule has 3 rings (SSSR count). The van der Waals surface area contributed by atoms with Gasteiger partial charge in [0.05, 0.1) is 12.6 Å². The van der Waals surface area contributed by atoms with E-state index >= 15 is 0 Å². The highest BCUT2D eigenvalue weighted by molar-refractivity contribution is 5.99. The van der Waals surface area contributed by atoms with Crippen molar-refractivity contribution in [2.24, 2.45) is 7.05 Å². The number of hydrogen-bond donors (Lipinski definition) is 2. The smallest absolute Gasteiger partial charge is 0.263 e. The number of rotatable bonds is 4. The van der Waals surface area contributed by atoms with Crippen molar-refractivity contribution in [1.82, 2.24) is 15.2 Å². The second kappa shape index (κ2) is 7.83. The predicted octanol–water partition coefficient (Wildman–Crippen LogP) is 2.21. The number of nitrogens with zero attached hydrogens (tertiary/aromatic N) is 1.